The average molecular weight is 299 g/mol. The summed E-state index contributed by atoms with van der Waals surface area (Å²) in [5.41, 5.74) is 3.18. The molecule has 6 nitrogen and oxygen atoms in total. The van der Waals surface area contributed by atoms with E-state index < -0.39 is 5.95 Å². The van der Waals surface area contributed by atoms with Gasteiger partial charge in [0.2, 0.25) is 11.9 Å². The summed E-state index contributed by atoms with van der Waals surface area (Å²) in [6, 6.07) is 8.23. The molecule has 0 bridgehead atoms. The van der Waals surface area contributed by atoms with Crippen molar-refractivity contribution in [2.24, 2.45) is 0 Å². The minimum Gasteiger partial charge on any atom is -0.338 e. The van der Waals surface area contributed by atoms with E-state index in [4.69, 9.17) is 0 Å². The number of hydrogen-bond acceptors (Lipinski definition) is 3. The van der Waals surface area contributed by atoms with E-state index in [0.717, 1.165) is 22.2 Å². The normalized spacial score (nSPS) is 10.6. The van der Waals surface area contributed by atoms with Crippen molar-refractivity contribution >= 4 is 23.0 Å². The summed E-state index contributed by atoms with van der Waals surface area (Å²) in [6.45, 7) is 2.37. The third-order valence-electron chi connectivity index (χ3n) is 3.11. The molecular formula is C15H14FN5O. The second-order valence-electron chi connectivity index (χ2n) is 4.67. The van der Waals surface area contributed by atoms with Crippen molar-refractivity contribution < 1.29 is 9.18 Å². The molecule has 2 aromatic heterocycles. The van der Waals surface area contributed by atoms with Crippen LogP contribution in [-0.4, -0.2) is 27.5 Å². The number of carbonyl (C=O) groups excluding carboxylic acids is 1. The van der Waals surface area contributed by atoms with Crippen molar-refractivity contribution in [1.29, 1.82) is 0 Å². The van der Waals surface area contributed by atoms with Crippen LogP contribution in [0.1, 0.15) is 6.92 Å². The van der Waals surface area contributed by atoms with Crippen molar-refractivity contribution in [3.63, 3.8) is 0 Å². The predicted molar refractivity (Wildman–Crippen MR) is 82.0 cm³/mol. The molecule has 3 N–H and O–H groups in total. The number of imidazole rings is 1. The molecule has 112 valence electrons. The van der Waals surface area contributed by atoms with E-state index in [2.05, 4.69) is 25.6 Å². The fourth-order valence-corrected chi connectivity index (χ4v) is 2.11. The molecule has 0 atom stereocenters. The zero-order valence-electron chi connectivity index (χ0n) is 11.9. The summed E-state index contributed by atoms with van der Waals surface area (Å²) in [4.78, 5) is 22.4. The van der Waals surface area contributed by atoms with Crippen LogP contribution in [0.15, 0.2) is 36.5 Å². The number of pyridine rings is 1. The van der Waals surface area contributed by atoms with E-state index in [0.29, 0.717) is 12.5 Å². The molecule has 0 aliphatic carbocycles. The van der Waals surface area contributed by atoms with Gasteiger partial charge in [-0.25, -0.2) is 14.8 Å². The molecule has 2 amide bonds. The van der Waals surface area contributed by atoms with Crippen LogP contribution >= 0.6 is 0 Å². The third kappa shape index (κ3) is 2.88. The third-order valence-corrected chi connectivity index (χ3v) is 3.11. The van der Waals surface area contributed by atoms with E-state index in [1.165, 1.54) is 12.3 Å². The van der Waals surface area contributed by atoms with Gasteiger partial charge in [0, 0.05) is 18.3 Å². The van der Waals surface area contributed by atoms with Gasteiger partial charge < -0.3 is 10.3 Å². The molecular weight excluding hydrogens is 285 g/mol. The number of amides is 2. The Morgan fingerprint density at radius 3 is 2.82 bits per heavy atom. The lowest BCUT2D eigenvalue weighted by molar-refractivity contribution is 0.252. The van der Waals surface area contributed by atoms with Crippen molar-refractivity contribution in [2.75, 3.05) is 11.9 Å². The van der Waals surface area contributed by atoms with Gasteiger partial charge in [-0.3, -0.25) is 5.32 Å². The second-order valence-corrected chi connectivity index (χ2v) is 4.67. The van der Waals surface area contributed by atoms with Gasteiger partial charge in [-0.1, -0.05) is 6.07 Å². The molecule has 7 heteroatoms. The molecule has 0 aliphatic rings. The first kappa shape index (κ1) is 14.0. The van der Waals surface area contributed by atoms with Gasteiger partial charge in [0.05, 0.1) is 11.0 Å². The topological polar surface area (TPSA) is 82.7 Å². The maximum atomic E-state index is 12.9. The van der Waals surface area contributed by atoms with E-state index in [1.54, 1.807) is 6.07 Å². The fourth-order valence-electron chi connectivity index (χ4n) is 2.11. The van der Waals surface area contributed by atoms with Crippen LogP contribution in [0.25, 0.3) is 22.2 Å². The molecule has 3 aromatic rings. The van der Waals surface area contributed by atoms with E-state index >= 15 is 0 Å². The first-order valence-corrected chi connectivity index (χ1v) is 6.82. The number of nitrogens with one attached hydrogen (secondary N) is 3. The number of anilines is 1. The van der Waals surface area contributed by atoms with Crippen molar-refractivity contribution in [1.82, 2.24) is 20.3 Å². The highest BCUT2D eigenvalue weighted by Gasteiger charge is 2.07. The van der Waals surface area contributed by atoms with Crippen LogP contribution in [0.2, 0.25) is 0 Å². The van der Waals surface area contributed by atoms with Crippen molar-refractivity contribution in [2.45, 2.75) is 6.92 Å². The summed E-state index contributed by atoms with van der Waals surface area (Å²) in [5, 5.41) is 5.25. The van der Waals surface area contributed by atoms with E-state index in [-0.39, 0.29) is 6.03 Å². The molecule has 1 aromatic carbocycles. The van der Waals surface area contributed by atoms with Crippen LogP contribution in [0, 0.1) is 5.95 Å². The standard InChI is InChI=1S/C15H14FN5O/c1-2-17-15(22)21-14-19-11-5-3-9(7-12(11)20-14)10-4-6-13(16)18-8-10/h3-8H,2H2,1H3,(H3,17,19,20,21,22). The lowest BCUT2D eigenvalue weighted by atomic mass is 10.1. The van der Waals surface area contributed by atoms with Crippen molar-refractivity contribution in [3.8, 4) is 11.1 Å². The minimum absolute atomic E-state index is 0.315. The second kappa shape index (κ2) is 5.80. The smallest absolute Gasteiger partial charge is 0.321 e. The van der Waals surface area contributed by atoms with Gasteiger partial charge in [0.25, 0.3) is 0 Å². The molecule has 0 saturated heterocycles. The Labute approximate surface area is 125 Å². The highest BCUT2D eigenvalue weighted by Crippen LogP contribution is 2.23. The zero-order chi connectivity index (χ0) is 15.5. The van der Waals surface area contributed by atoms with Gasteiger partial charge in [0.15, 0.2) is 0 Å². The average Bonchev–Trinajstić information content (AvgIpc) is 2.89. The fraction of sp³-hybridized carbons (Fsp3) is 0.133. The molecule has 22 heavy (non-hydrogen) atoms. The molecule has 0 aliphatic heterocycles. The number of H-pyrrole nitrogens is 1. The number of aromatic amines is 1. The highest BCUT2D eigenvalue weighted by molar-refractivity contribution is 5.90. The van der Waals surface area contributed by atoms with Gasteiger partial charge in [0.1, 0.15) is 0 Å². The monoisotopic (exact) mass is 299 g/mol. The van der Waals surface area contributed by atoms with Gasteiger partial charge in [-0.2, -0.15) is 4.39 Å². The van der Waals surface area contributed by atoms with Crippen LogP contribution < -0.4 is 10.6 Å². The van der Waals surface area contributed by atoms with Crippen LogP contribution in [0.4, 0.5) is 15.1 Å². The lowest BCUT2D eigenvalue weighted by Crippen LogP contribution is -2.28. The van der Waals surface area contributed by atoms with Gasteiger partial charge >= 0.3 is 6.03 Å². The lowest BCUT2D eigenvalue weighted by Gasteiger charge is -2.01. The number of benzene rings is 1. The quantitative estimate of drug-likeness (QED) is 0.650. The summed E-state index contributed by atoms with van der Waals surface area (Å²) < 4.78 is 12.9. The Kier molecular flexibility index (Phi) is 3.69. The van der Waals surface area contributed by atoms with Crippen LogP contribution in [0.5, 0.6) is 0 Å². The summed E-state index contributed by atoms with van der Waals surface area (Å²) in [5.74, 6) is -0.143. The zero-order valence-corrected chi connectivity index (χ0v) is 11.9. The molecule has 0 radical (unpaired) electrons. The largest absolute Gasteiger partial charge is 0.338 e. The molecule has 3 rings (SSSR count). The van der Waals surface area contributed by atoms with Gasteiger partial charge in [-0.15, -0.1) is 0 Å². The SMILES string of the molecule is CCNC(=O)Nc1nc2ccc(-c3ccc(F)nc3)cc2[nH]1. The summed E-state index contributed by atoms with van der Waals surface area (Å²) >= 11 is 0. The highest BCUT2D eigenvalue weighted by atomic mass is 19.1. The Bertz CT molecular complexity index is 812. The van der Waals surface area contributed by atoms with E-state index in [1.807, 2.05) is 25.1 Å². The number of urea groups is 1. The Morgan fingerprint density at radius 2 is 2.09 bits per heavy atom. The number of halogens is 1. The Balaban J connectivity index is 1.90. The van der Waals surface area contributed by atoms with Crippen molar-refractivity contribution in [3.05, 3.63) is 42.5 Å². The summed E-state index contributed by atoms with van der Waals surface area (Å²) in [6.07, 6.45) is 1.47. The molecule has 2 heterocycles. The molecule has 0 spiro atoms. The molecule has 0 unspecified atom stereocenters. The molecule has 0 saturated carbocycles. The Morgan fingerprint density at radius 1 is 1.27 bits per heavy atom. The maximum Gasteiger partial charge on any atom is 0.321 e. The summed E-state index contributed by atoms with van der Waals surface area (Å²) in [7, 11) is 0. The number of nitrogens with zero attached hydrogens (tertiary/aromatic N) is 2. The number of rotatable bonds is 3. The maximum absolute atomic E-state index is 12.9. The van der Waals surface area contributed by atoms with E-state index in [9.17, 15) is 9.18 Å². The van der Waals surface area contributed by atoms with Crippen LogP contribution in [-0.2, 0) is 0 Å². The minimum atomic E-state index is -0.514. The predicted octanol–water partition coefficient (Wildman–Crippen LogP) is 2.91. The number of aromatic nitrogens is 3. The number of hydrogen-bond donors (Lipinski definition) is 3. The van der Waals surface area contributed by atoms with Crippen LogP contribution in [0.3, 0.4) is 0 Å². The first-order chi connectivity index (χ1) is 10.7. The first-order valence-electron chi connectivity index (χ1n) is 6.82. The van der Waals surface area contributed by atoms with Gasteiger partial charge in [-0.05, 0) is 36.8 Å². The Hall–Kier alpha value is -2.96. The number of fused-ring (bicyclic) bond motifs is 1. The number of carbonyl (C=O) groups is 1. The molecule has 0 fully saturated rings.